The Morgan fingerprint density at radius 3 is 2.67 bits per heavy atom. The van der Waals surface area contributed by atoms with Crippen molar-refractivity contribution in [3.63, 3.8) is 0 Å². The molecule has 7 nitrogen and oxygen atoms in total. The number of carbonyl (C=O) groups is 2. The molecule has 0 bridgehead atoms. The van der Waals surface area contributed by atoms with Crippen molar-refractivity contribution in [2.45, 2.75) is 20.3 Å². The standard InChI is InChI=1S/C14H21N3O4/c1-9(2)6-7-21-12-5-4-10(20-3)13(17-12)14(19)16-11(18)8-15/h4-5,9H,6-8,15H2,1-3H3,(H,16,18,19). The molecule has 0 saturated carbocycles. The summed E-state index contributed by atoms with van der Waals surface area (Å²) in [5, 5.41) is 2.12. The fraction of sp³-hybridized carbons (Fsp3) is 0.500. The second-order valence-electron chi connectivity index (χ2n) is 4.81. The number of imide groups is 1. The summed E-state index contributed by atoms with van der Waals surface area (Å²) in [6.45, 7) is 4.39. The van der Waals surface area contributed by atoms with Crippen molar-refractivity contribution >= 4 is 11.8 Å². The van der Waals surface area contributed by atoms with Crippen LogP contribution in [-0.2, 0) is 4.79 Å². The van der Waals surface area contributed by atoms with Crippen LogP contribution in [0.2, 0.25) is 0 Å². The van der Waals surface area contributed by atoms with Gasteiger partial charge in [-0.05, 0) is 18.4 Å². The third-order valence-electron chi connectivity index (χ3n) is 2.65. The molecule has 0 aliphatic heterocycles. The van der Waals surface area contributed by atoms with Crippen molar-refractivity contribution in [1.82, 2.24) is 10.3 Å². The number of ether oxygens (including phenoxy) is 2. The fourth-order valence-corrected chi connectivity index (χ4v) is 1.47. The maximum Gasteiger partial charge on any atom is 0.280 e. The van der Waals surface area contributed by atoms with Crippen LogP contribution in [0.5, 0.6) is 11.6 Å². The van der Waals surface area contributed by atoms with E-state index < -0.39 is 11.8 Å². The molecule has 1 aromatic rings. The summed E-state index contributed by atoms with van der Waals surface area (Å²) >= 11 is 0. The van der Waals surface area contributed by atoms with E-state index in [2.05, 4.69) is 24.1 Å². The first kappa shape index (κ1) is 16.9. The highest BCUT2D eigenvalue weighted by Gasteiger charge is 2.17. The first-order valence-electron chi connectivity index (χ1n) is 6.70. The Balaban J connectivity index is 2.84. The highest BCUT2D eigenvalue weighted by Crippen LogP contribution is 2.20. The van der Waals surface area contributed by atoms with E-state index in [1.54, 1.807) is 12.1 Å². The van der Waals surface area contributed by atoms with E-state index in [1.807, 2.05) is 0 Å². The number of rotatable bonds is 7. The van der Waals surface area contributed by atoms with Gasteiger partial charge < -0.3 is 15.2 Å². The summed E-state index contributed by atoms with van der Waals surface area (Å²) in [6.07, 6.45) is 0.876. The molecule has 21 heavy (non-hydrogen) atoms. The van der Waals surface area contributed by atoms with Gasteiger partial charge >= 0.3 is 0 Å². The minimum atomic E-state index is -0.670. The number of pyridine rings is 1. The second kappa shape index (κ2) is 8.21. The van der Waals surface area contributed by atoms with Crippen LogP contribution in [0, 0.1) is 5.92 Å². The maximum atomic E-state index is 11.9. The van der Waals surface area contributed by atoms with Gasteiger partial charge in [-0.2, -0.15) is 0 Å². The zero-order valence-electron chi connectivity index (χ0n) is 12.5. The molecule has 1 rings (SSSR count). The summed E-state index contributed by atoms with van der Waals surface area (Å²) in [6, 6.07) is 3.18. The summed E-state index contributed by atoms with van der Waals surface area (Å²) < 4.78 is 10.5. The molecule has 0 atom stereocenters. The van der Waals surface area contributed by atoms with E-state index in [1.165, 1.54) is 7.11 Å². The largest absolute Gasteiger partial charge is 0.494 e. The van der Waals surface area contributed by atoms with E-state index in [-0.39, 0.29) is 18.0 Å². The number of carbonyl (C=O) groups excluding carboxylic acids is 2. The molecule has 0 aliphatic carbocycles. The molecule has 116 valence electrons. The van der Waals surface area contributed by atoms with Crippen molar-refractivity contribution in [3.8, 4) is 11.6 Å². The predicted molar refractivity (Wildman–Crippen MR) is 77.3 cm³/mol. The average Bonchev–Trinajstić information content (AvgIpc) is 2.46. The Morgan fingerprint density at radius 1 is 1.38 bits per heavy atom. The third-order valence-corrected chi connectivity index (χ3v) is 2.65. The smallest absolute Gasteiger partial charge is 0.280 e. The zero-order valence-corrected chi connectivity index (χ0v) is 12.5. The van der Waals surface area contributed by atoms with Crippen LogP contribution in [0.3, 0.4) is 0 Å². The van der Waals surface area contributed by atoms with Crippen molar-refractivity contribution in [2.75, 3.05) is 20.3 Å². The molecule has 3 N–H and O–H groups in total. The molecule has 0 aliphatic rings. The Bertz CT molecular complexity index is 503. The number of methoxy groups -OCH3 is 1. The van der Waals surface area contributed by atoms with Crippen molar-refractivity contribution in [1.29, 1.82) is 0 Å². The Hall–Kier alpha value is -2.15. The molecule has 0 aromatic carbocycles. The van der Waals surface area contributed by atoms with E-state index in [4.69, 9.17) is 15.2 Å². The van der Waals surface area contributed by atoms with Crippen LogP contribution in [0.25, 0.3) is 0 Å². The second-order valence-corrected chi connectivity index (χ2v) is 4.81. The van der Waals surface area contributed by atoms with Crippen LogP contribution < -0.4 is 20.5 Å². The topological polar surface area (TPSA) is 104 Å². The van der Waals surface area contributed by atoms with Gasteiger partial charge in [0, 0.05) is 6.07 Å². The van der Waals surface area contributed by atoms with Gasteiger partial charge in [0.1, 0.15) is 0 Å². The van der Waals surface area contributed by atoms with Gasteiger partial charge in [0.15, 0.2) is 11.4 Å². The Labute approximate surface area is 123 Å². The summed E-state index contributed by atoms with van der Waals surface area (Å²) in [7, 11) is 1.41. The number of nitrogens with one attached hydrogen (secondary N) is 1. The summed E-state index contributed by atoms with van der Waals surface area (Å²) in [4.78, 5) is 27.2. The van der Waals surface area contributed by atoms with Crippen molar-refractivity contribution in [3.05, 3.63) is 17.8 Å². The van der Waals surface area contributed by atoms with Gasteiger partial charge in [0.2, 0.25) is 11.8 Å². The molecule has 2 amide bonds. The Morgan fingerprint density at radius 2 is 2.10 bits per heavy atom. The molecular weight excluding hydrogens is 274 g/mol. The van der Waals surface area contributed by atoms with Gasteiger partial charge in [-0.15, -0.1) is 0 Å². The number of hydrogen-bond donors (Lipinski definition) is 2. The van der Waals surface area contributed by atoms with E-state index in [9.17, 15) is 9.59 Å². The molecular formula is C14H21N3O4. The first-order valence-corrected chi connectivity index (χ1v) is 6.70. The molecule has 1 heterocycles. The molecule has 1 aromatic heterocycles. The minimum absolute atomic E-state index is 0.0126. The number of aromatic nitrogens is 1. The zero-order chi connectivity index (χ0) is 15.8. The normalized spacial score (nSPS) is 10.3. The number of nitrogens with two attached hydrogens (primary N) is 1. The van der Waals surface area contributed by atoms with E-state index in [0.717, 1.165) is 6.42 Å². The molecule has 0 unspecified atom stereocenters. The predicted octanol–water partition coefficient (Wildman–Crippen LogP) is 0.730. The van der Waals surface area contributed by atoms with Crippen molar-refractivity contribution < 1.29 is 19.1 Å². The molecule has 0 radical (unpaired) electrons. The average molecular weight is 295 g/mol. The summed E-state index contributed by atoms with van der Waals surface area (Å²) in [5.74, 6) is -0.185. The number of nitrogens with zero attached hydrogens (tertiary/aromatic N) is 1. The molecule has 0 saturated heterocycles. The monoisotopic (exact) mass is 295 g/mol. The van der Waals surface area contributed by atoms with Gasteiger partial charge in [-0.25, -0.2) is 4.98 Å². The highest BCUT2D eigenvalue weighted by molar-refractivity contribution is 6.05. The van der Waals surface area contributed by atoms with Gasteiger partial charge in [-0.1, -0.05) is 13.8 Å². The van der Waals surface area contributed by atoms with Gasteiger partial charge in [0.05, 0.1) is 20.3 Å². The SMILES string of the molecule is COc1ccc(OCCC(C)C)nc1C(=O)NC(=O)CN. The number of hydrogen-bond acceptors (Lipinski definition) is 6. The van der Waals surface area contributed by atoms with Gasteiger partial charge in [-0.3, -0.25) is 14.9 Å². The lowest BCUT2D eigenvalue weighted by molar-refractivity contribution is -0.118. The van der Waals surface area contributed by atoms with Crippen molar-refractivity contribution in [2.24, 2.45) is 11.7 Å². The van der Waals surface area contributed by atoms with E-state index >= 15 is 0 Å². The lowest BCUT2D eigenvalue weighted by atomic mass is 10.1. The van der Waals surface area contributed by atoms with Crippen LogP contribution in [0.1, 0.15) is 30.8 Å². The maximum absolute atomic E-state index is 11.9. The van der Waals surface area contributed by atoms with Crippen LogP contribution in [0.15, 0.2) is 12.1 Å². The quantitative estimate of drug-likeness (QED) is 0.768. The molecule has 0 fully saturated rings. The van der Waals surface area contributed by atoms with E-state index in [0.29, 0.717) is 18.4 Å². The van der Waals surface area contributed by atoms with Crippen LogP contribution in [0.4, 0.5) is 0 Å². The van der Waals surface area contributed by atoms with Gasteiger partial charge in [0.25, 0.3) is 5.91 Å². The van der Waals surface area contributed by atoms with Crippen LogP contribution >= 0.6 is 0 Å². The lowest BCUT2D eigenvalue weighted by Crippen LogP contribution is -2.36. The molecule has 7 heteroatoms. The fourth-order valence-electron chi connectivity index (χ4n) is 1.47. The Kier molecular flexibility index (Phi) is 6.61. The number of amides is 2. The van der Waals surface area contributed by atoms with Crippen LogP contribution in [-0.4, -0.2) is 37.1 Å². The summed E-state index contributed by atoms with van der Waals surface area (Å²) in [5.41, 5.74) is 5.14. The first-order chi connectivity index (χ1) is 9.97. The highest BCUT2D eigenvalue weighted by atomic mass is 16.5. The third kappa shape index (κ3) is 5.39. The lowest BCUT2D eigenvalue weighted by Gasteiger charge is -2.11. The minimum Gasteiger partial charge on any atom is -0.494 e. The molecule has 0 spiro atoms.